The summed E-state index contributed by atoms with van der Waals surface area (Å²) in [5, 5.41) is 4.27. The molecule has 2 rings (SSSR count). The lowest BCUT2D eigenvalue weighted by atomic mass is 9.92. The van der Waals surface area contributed by atoms with Crippen LogP contribution in [0.25, 0.3) is 0 Å². The number of hydrogen-bond donors (Lipinski definition) is 1. The average Bonchev–Trinajstić information content (AvgIpc) is 2.37. The zero-order chi connectivity index (χ0) is 13.8. The Bertz CT molecular complexity index is 418. The molecule has 1 saturated heterocycles. The Morgan fingerprint density at radius 2 is 1.81 bits per heavy atom. The third-order valence-corrected chi connectivity index (χ3v) is 4.11. The van der Waals surface area contributed by atoms with Crippen LogP contribution in [0.1, 0.15) is 37.4 Å². The van der Waals surface area contributed by atoms with Crippen LogP contribution in [-0.4, -0.2) is 31.1 Å². The molecule has 1 aromatic carbocycles. The second-order valence-corrected chi connectivity index (χ2v) is 6.37. The minimum absolute atomic E-state index is 0. The largest absolute Gasteiger partial charge is 0.314 e. The van der Waals surface area contributed by atoms with Crippen LogP contribution in [0.5, 0.6) is 0 Å². The molecule has 0 radical (unpaired) electrons. The van der Waals surface area contributed by atoms with Gasteiger partial charge in [0.05, 0.1) is 0 Å². The van der Waals surface area contributed by atoms with Gasteiger partial charge in [-0.1, -0.05) is 31.5 Å². The highest BCUT2D eigenvalue weighted by atomic mass is 35.5. The summed E-state index contributed by atoms with van der Waals surface area (Å²) in [7, 11) is 0. The van der Waals surface area contributed by atoms with Crippen LogP contribution in [0.15, 0.2) is 18.2 Å². The molecule has 0 bridgehead atoms. The van der Waals surface area contributed by atoms with Crippen LogP contribution < -0.4 is 5.32 Å². The first kappa shape index (κ1) is 21.0. The van der Waals surface area contributed by atoms with Gasteiger partial charge in [-0.2, -0.15) is 0 Å². The Labute approximate surface area is 146 Å². The van der Waals surface area contributed by atoms with Crippen molar-refractivity contribution in [1.29, 1.82) is 0 Å². The fourth-order valence-corrected chi connectivity index (χ4v) is 3.15. The quantitative estimate of drug-likeness (QED) is 0.858. The van der Waals surface area contributed by atoms with Crippen LogP contribution in [0.3, 0.4) is 0 Å². The Morgan fingerprint density at radius 1 is 1.19 bits per heavy atom. The van der Waals surface area contributed by atoms with Gasteiger partial charge in [0.1, 0.15) is 0 Å². The molecule has 0 aliphatic carbocycles. The molecule has 21 heavy (non-hydrogen) atoms. The van der Waals surface area contributed by atoms with Crippen molar-refractivity contribution in [3.8, 4) is 0 Å². The van der Waals surface area contributed by atoms with E-state index in [2.05, 4.69) is 43.1 Å². The molecule has 0 saturated carbocycles. The third kappa shape index (κ3) is 5.96. The monoisotopic (exact) mass is 352 g/mol. The van der Waals surface area contributed by atoms with Crippen molar-refractivity contribution < 1.29 is 0 Å². The third-order valence-electron chi connectivity index (χ3n) is 3.88. The Hall–Kier alpha value is 0.01000. The van der Waals surface area contributed by atoms with Crippen LogP contribution in [-0.2, 0) is 0 Å². The van der Waals surface area contributed by atoms with Gasteiger partial charge in [-0.3, -0.25) is 4.90 Å². The highest BCUT2D eigenvalue weighted by Crippen LogP contribution is 2.31. The normalized spacial score (nSPS) is 17.0. The van der Waals surface area contributed by atoms with Gasteiger partial charge in [0, 0.05) is 37.2 Å². The van der Waals surface area contributed by atoms with E-state index < -0.39 is 0 Å². The second-order valence-electron chi connectivity index (χ2n) is 5.93. The summed E-state index contributed by atoms with van der Waals surface area (Å²) in [4.78, 5) is 2.62. The fraction of sp³-hybridized carbons (Fsp3) is 0.625. The first-order chi connectivity index (χ1) is 9.08. The molecular weight excluding hydrogens is 327 g/mol. The molecule has 1 N–H and O–H groups in total. The van der Waals surface area contributed by atoms with Gasteiger partial charge in [0.15, 0.2) is 0 Å². The summed E-state index contributed by atoms with van der Waals surface area (Å²) in [6.45, 7) is 11.3. The van der Waals surface area contributed by atoms with E-state index in [4.69, 9.17) is 11.6 Å². The van der Waals surface area contributed by atoms with Gasteiger partial charge in [-0.15, -0.1) is 24.8 Å². The molecule has 0 amide bonds. The van der Waals surface area contributed by atoms with Crippen molar-refractivity contribution in [1.82, 2.24) is 10.2 Å². The van der Waals surface area contributed by atoms with Crippen molar-refractivity contribution >= 4 is 36.4 Å². The lowest BCUT2D eigenvalue weighted by Gasteiger charge is -2.37. The molecule has 1 aliphatic heterocycles. The topological polar surface area (TPSA) is 15.3 Å². The average molecular weight is 354 g/mol. The molecule has 1 aliphatic rings. The first-order valence-corrected chi connectivity index (χ1v) is 7.66. The molecule has 1 heterocycles. The number of piperazine rings is 1. The van der Waals surface area contributed by atoms with Gasteiger partial charge in [0.25, 0.3) is 0 Å². The van der Waals surface area contributed by atoms with Crippen molar-refractivity contribution in [3.63, 3.8) is 0 Å². The minimum Gasteiger partial charge on any atom is -0.314 e. The van der Waals surface area contributed by atoms with E-state index in [-0.39, 0.29) is 24.8 Å². The van der Waals surface area contributed by atoms with Gasteiger partial charge >= 0.3 is 0 Å². The number of rotatable bonds is 4. The minimum atomic E-state index is 0. The number of benzene rings is 1. The van der Waals surface area contributed by atoms with Crippen LogP contribution in [0.4, 0.5) is 0 Å². The number of aryl methyl sites for hydroxylation is 1. The Morgan fingerprint density at radius 3 is 2.33 bits per heavy atom. The van der Waals surface area contributed by atoms with Crippen molar-refractivity contribution in [3.05, 3.63) is 34.3 Å². The highest BCUT2D eigenvalue weighted by Gasteiger charge is 2.24. The number of nitrogens with one attached hydrogen (secondary N) is 1. The lowest BCUT2D eigenvalue weighted by Crippen LogP contribution is -2.45. The SMILES string of the molecule is Cc1cc(Cl)ccc1[C@H](CC(C)C)N1CCNCC1.Cl.Cl. The first-order valence-electron chi connectivity index (χ1n) is 7.28. The van der Waals surface area contributed by atoms with E-state index in [1.54, 1.807) is 0 Å². The van der Waals surface area contributed by atoms with Crippen molar-refractivity contribution in [2.75, 3.05) is 26.2 Å². The van der Waals surface area contributed by atoms with E-state index in [0.717, 1.165) is 31.2 Å². The Balaban J connectivity index is 0.00000200. The molecular formula is C16H27Cl3N2. The maximum Gasteiger partial charge on any atom is 0.0408 e. The molecule has 122 valence electrons. The Kier molecular flexibility index (Phi) is 9.92. The summed E-state index contributed by atoms with van der Waals surface area (Å²) < 4.78 is 0. The van der Waals surface area contributed by atoms with E-state index >= 15 is 0 Å². The predicted octanol–water partition coefficient (Wildman–Crippen LogP) is 4.48. The van der Waals surface area contributed by atoms with Crippen LogP contribution in [0, 0.1) is 12.8 Å². The predicted molar refractivity (Wildman–Crippen MR) is 97.3 cm³/mol. The van der Waals surface area contributed by atoms with E-state index in [9.17, 15) is 0 Å². The van der Waals surface area contributed by atoms with Gasteiger partial charge in [0.2, 0.25) is 0 Å². The van der Waals surface area contributed by atoms with E-state index in [1.807, 2.05) is 6.07 Å². The lowest BCUT2D eigenvalue weighted by molar-refractivity contribution is 0.153. The van der Waals surface area contributed by atoms with E-state index in [1.165, 1.54) is 17.5 Å². The summed E-state index contributed by atoms with van der Waals surface area (Å²) in [5.74, 6) is 0.704. The second kappa shape index (κ2) is 9.91. The van der Waals surface area contributed by atoms with Crippen LogP contribution >= 0.6 is 36.4 Å². The summed E-state index contributed by atoms with van der Waals surface area (Å²) in [5.41, 5.74) is 2.76. The van der Waals surface area contributed by atoms with Crippen molar-refractivity contribution in [2.24, 2.45) is 5.92 Å². The maximum atomic E-state index is 6.09. The molecule has 1 atom stereocenters. The zero-order valence-corrected chi connectivity index (χ0v) is 15.5. The molecule has 0 unspecified atom stereocenters. The zero-order valence-electron chi connectivity index (χ0n) is 13.1. The summed E-state index contributed by atoms with van der Waals surface area (Å²) in [6, 6.07) is 6.86. The molecule has 0 aromatic heterocycles. The summed E-state index contributed by atoms with van der Waals surface area (Å²) >= 11 is 6.09. The smallest absolute Gasteiger partial charge is 0.0408 e. The van der Waals surface area contributed by atoms with Gasteiger partial charge < -0.3 is 5.32 Å². The van der Waals surface area contributed by atoms with Gasteiger partial charge in [-0.25, -0.2) is 0 Å². The molecule has 2 nitrogen and oxygen atoms in total. The molecule has 0 spiro atoms. The van der Waals surface area contributed by atoms with Crippen LogP contribution in [0.2, 0.25) is 5.02 Å². The molecule has 1 aromatic rings. The standard InChI is InChI=1S/C16H25ClN2.2ClH/c1-12(2)10-16(19-8-6-18-7-9-19)15-5-4-14(17)11-13(15)3;;/h4-5,11-12,16,18H,6-10H2,1-3H3;2*1H/t16-;;/m0../s1. The number of hydrogen-bond acceptors (Lipinski definition) is 2. The van der Waals surface area contributed by atoms with Gasteiger partial charge in [-0.05, 0) is 42.5 Å². The highest BCUT2D eigenvalue weighted by molar-refractivity contribution is 6.30. The van der Waals surface area contributed by atoms with Crippen molar-refractivity contribution in [2.45, 2.75) is 33.2 Å². The number of halogens is 3. The molecule has 1 fully saturated rings. The number of nitrogens with zero attached hydrogens (tertiary/aromatic N) is 1. The van der Waals surface area contributed by atoms with E-state index in [0.29, 0.717) is 12.0 Å². The molecule has 5 heteroatoms. The fourth-order valence-electron chi connectivity index (χ4n) is 2.93. The maximum absolute atomic E-state index is 6.09. The summed E-state index contributed by atoms with van der Waals surface area (Å²) in [6.07, 6.45) is 1.21.